The molecule has 0 saturated heterocycles. The molecule has 1 aliphatic rings. The van der Waals surface area contributed by atoms with Gasteiger partial charge in [0.05, 0.1) is 7.11 Å². The first-order chi connectivity index (χ1) is 19.4. The number of hydrogen-bond acceptors (Lipinski definition) is 5. The molecule has 0 radical (unpaired) electrons. The Morgan fingerprint density at radius 2 is 1.62 bits per heavy atom. The number of carboxylic acids is 1. The summed E-state index contributed by atoms with van der Waals surface area (Å²) in [7, 11) is 1.53. The van der Waals surface area contributed by atoms with E-state index in [1.807, 2.05) is 42.5 Å². The Morgan fingerprint density at radius 1 is 0.950 bits per heavy atom. The minimum absolute atomic E-state index is 0.0236. The molecule has 1 aliphatic heterocycles. The predicted molar refractivity (Wildman–Crippen MR) is 146 cm³/mol. The van der Waals surface area contributed by atoms with Gasteiger partial charge in [-0.15, -0.1) is 0 Å². The zero-order valence-corrected chi connectivity index (χ0v) is 21.8. The van der Waals surface area contributed by atoms with Crippen LogP contribution in [0.15, 0.2) is 97.1 Å². The van der Waals surface area contributed by atoms with E-state index in [2.05, 4.69) is 0 Å². The molecule has 7 nitrogen and oxygen atoms in total. The highest BCUT2D eigenvalue weighted by Gasteiger charge is 2.40. The second-order valence-electron chi connectivity index (χ2n) is 9.40. The van der Waals surface area contributed by atoms with Crippen molar-refractivity contribution in [2.75, 3.05) is 7.11 Å². The normalized spacial score (nSPS) is 15.1. The zero-order valence-electron chi connectivity index (χ0n) is 21.8. The SMILES string of the molecule is COc1ccc2c(c1OCc1ccccc1)C[C@@H](C(=O)O)N(C(=O)C(Oc1ccc(F)cc1)c1ccccc1)C2. The summed E-state index contributed by atoms with van der Waals surface area (Å²) in [6.45, 7) is 0.308. The minimum atomic E-state index is -1.17. The third-order valence-corrected chi connectivity index (χ3v) is 6.84. The Balaban J connectivity index is 1.48. The number of carbonyl (C=O) groups excluding carboxylic acids is 1. The number of ether oxygens (including phenoxy) is 3. The van der Waals surface area contributed by atoms with E-state index in [9.17, 15) is 19.1 Å². The number of carboxylic acid groups (broad SMARTS) is 1. The van der Waals surface area contributed by atoms with Crippen LogP contribution in [0.2, 0.25) is 0 Å². The van der Waals surface area contributed by atoms with E-state index in [0.717, 1.165) is 11.1 Å². The van der Waals surface area contributed by atoms with Crippen LogP contribution in [0.25, 0.3) is 0 Å². The molecule has 4 aromatic carbocycles. The molecular weight excluding hydrogens is 513 g/mol. The van der Waals surface area contributed by atoms with Crippen LogP contribution in [0.3, 0.4) is 0 Å². The molecule has 0 spiro atoms. The van der Waals surface area contributed by atoms with Crippen LogP contribution in [0.1, 0.15) is 28.4 Å². The van der Waals surface area contributed by atoms with Crippen molar-refractivity contribution in [3.05, 3.63) is 125 Å². The number of hydrogen-bond donors (Lipinski definition) is 1. The summed E-state index contributed by atoms with van der Waals surface area (Å²) in [5.41, 5.74) is 2.94. The minimum Gasteiger partial charge on any atom is -0.493 e. The molecule has 1 amide bonds. The van der Waals surface area contributed by atoms with Crippen LogP contribution in [0, 0.1) is 5.82 Å². The van der Waals surface area contributed by atoms with Crippen LogP contribution in [0.5, 0.6) is 17.2 Å². The van der Waals surface area contributed by atoms with Gasteiger partial charge in [0.25, 0.3) is 5.91 Å². The Kier molecular flexibility index (Phi) is 7.96. The van der Waals surface area contributed by atoms with E-state index in [4.69, 9.17) is 14.2 Å². The Hall–Kier alpha value is -4.85. The fourth-order valence-corrected chi connectivity index (χ4v) is 4.81. The summed E-state index contributed by atoms with van der Waals surface area (Å²) < 4.78 is 31.2. The highest BCUT2D eigenvalue weighted by Crippen LogP contribution is 2.40. The van der Waals surface area contributed by atoms with Gasteiger partial charge < -0.3 is 24.2 Å². The van der Waals surface area contributed by atoms with Gasteiger partial charge in [0, 0.05) is 24.1 Å². The van der Waals surface area contributed by atoms with Crippen LogP contribution >= 0.6 is 0 Å². The van der Waals surface area contributed by atoms with Gasteiger partial charge in [-0.1, -0.05) is 66.7 Å². The van der Waals surface area contributed by atoms with Crippen molar-refractivity contribution in [3.63, 3.8) is 0 Å². The van der Waals surface area contributed by atoms with Gasteiger partial charge in [-0.3, -0.25) is 4.79 Å². The van der Waals surface area contributed by atoms with Gasteiger partial charge in [0.2, 0.25) is 6.10 Å². The van der Waals surface area contributed by atoms with E-state index in [1.165, 1.54) is 36.3 Å². The van der Waals surface area contributed by atoms with Crippen molar-refractivity contribution in [2.24, 2.45) is 0 Å². The van der Waals surface area contributed by atoms with E-state index >= 15 is 0 Å². The lowest BCUT2D eigenvalue weighted by Gasteiger charge is -2.37. The molecule has 1 unspecified atom stereocenters. The molecule has 0 bridgehead atoms. The number of fused-ring (bicyclic) bond motifs is 1. The first-order valence-electron chi connectivity index (χ1n) is 12.8. The molecule has 5 rings (SSSR count). The second-order valence-corrected chi connectivity index (χ2v) is 9.40. The molecule has 0 aromatic heterocycles. The molecule has 1 N–H and O–H groups in total. The first-order valence-corrected chi connectivity index (χ1v) is 12.8. The first kappa shape index (κ1) is 26.7. The summed E-state index contributed by atoms with van der Waals surface area (Å²) in [5.74, 6) is -0.867. The van der Waals surface area contributed by atoms with E-state index < -0.39 is 29.8 Å². The van der Waals surface area contributed by atoms with E-state index in [1.54, 1.807) is 30.3 Å². The molecule has 8 heteroatoms. The van der Waals surface area contributed by atoms with Crippen LogP contribution in [-0.2, 0) is 29.2 Å². The maximum Gasteiger partial charge on any atom is 0.326 e. The number of benzene rings is 4. The van der Waals surface area contributed by atoms with E-state index in [0.29, 0.717) is 22.6 Å². The monoisotopic (exact) mass is 541 g/mol. The quantitative estimate of drug-likeness (QED) is 0.298. The maximum absolute atomic E-state index is 14.0. The zero-order chi connectivity index (χ0) is 28.1. The molecule has 0 aliphatic carbocycles. The lowest BCUT2D eigenvalue weighted by molar-refractivity contribution is -0.155. The van der Waals surface area contributed by atoms with Gasteiger partial charge in [-0.2, -0.15) is 0 Å². The summed E-state index contributed by atoms with van der Waals surface area (Å²) in [4.78, 5) is 27.9. The van der Waals surface area contributed by atoms with Crippen molar-refractivity contribution < 1.29 is 33.3 Å². The molecule has 204 valence electrons. The summed E-state index contributed by atoms with van der Waals surface area (Å²) in [5, 5.41) is 10.2. The van der Waals surface area contributed by atoms with E-state index in [-0.39, 0.29) is 25.3 Å². The summed E-state index contributed by atoms with van der Waals surface area (Å²) >= 11 is 0. The Labute approximate surface area is 231 Å². The number of halogens is 1. The predicted octanol–water partition coefficient (Wildman–Crippen LogP) is 5.57. The molecule has 1 heterocycles. The maximum atomic E-state index is 14.0. The lowest BCUT2D eigenvalue weighted by atomic mass is 9.91. The molecule has 0 saturated carbocycles. The smallest absolute Gasteiger partial charge is 0.326 e. The fourth-order valence-electron chi connectivity index (χ4n) is 4.81. The molecule has 0 fully saturated rings. The van der Waals surface area contributed by atoms with Gasteiger partial charge in [-0.25, -0.2) is 9.18 Å². The standard InChI is InChI=1S/C32H28FNO6/c1-38-28-17-12-23-19-34(27(32(36)37)18-26(23)30(28)39-20-21-8-4-2-5-9-21)31(35)29(22-10-6-3-7-11-22)40-25-15-13-24(33)14-16-25/h2-17,27,29H,18-20H2,1H3,(H,36,37)/t27-,29?/m0/s1. The van der Waals surface area contributed by atoms with Crippen molar-refractivity contribution in [2.45, 2.75) is 31.7 Å². The number of rotatable bonds is 9. The summed E-state index contributed by atoms with van der Waals surface area (Å²) in [6.07, 6.45) is -1.11. The summed E-state index contributed by atoms with van der Waals surface area (Å²) in [6, 6.07) is 26.2. The number of aliphatic carboxylic acids is 1. The molecule has 40 heavy (non-hydrogen) atoms. The van der Waals surface area contributed by atoms with Crippen molar-refractivity contribution in [3.8, 4) is 17.2 Å². The van der Waals surface area contributed by atoms with Crippen molar-refractivity contribution >= 4 is 11.9 Å². The third kappa shape index (κ3) is 5.76. The average molecular weight is 542 g/mol. The number of carbonyl (C=O) groups is 2. The molecular formula is C32H28FNO6. The highest BCUT2D eigenvalue weighted by molar-refractivity contribution is 5.88. The second kappa shape index (κ2) is 11.9. The van der Waals surface area contributed by atoms with Gasteiger partial charge in [-0.05, 0) is 41.5 Å². The Morgan fingerprint density at radius 3 is 2.27 bits per heavy atom. The molecule has 2 atom stereocenters. The number of amides is 1. The van der Waals surface area contributed by atoms with Crippen LogP contribution in [0.4, 0.5) is 4.39 Å². The van der Waals surface area contributed by atoms with Crippen molar-refractivity contribution in [1.29, 1.82) is 0 Å². The number of nitrogens with zero attached hydrogens (tertiary/aromatic N) is 1. The average Bonchev–Trinajstić information content (AvgIpc) is 2.99. The van der Waals surface area contributed by atoms with Gasteiger partial charge in [0.1, 0.15) is 24.2 Å². The Bertz CT molecular complexity index is 1480. The largest absolute Gasteiger partial charge is 0.493 e. The lowest BCUT2D eigenvalue weighted by Crippen LogP contribution is -2.51. The topological polar surface area (TPSA) is 85.3 Å². The number of methoxy groups -OCH3 is 1. The van der Waals surface area contributed by atoms with Crippen molar-refractivity contribution in [1.82, 2.24) is 4.90 Å². The van der Waals surface area contributed by atoms with Gasteiger partial charge in [0.15, 0.2) is 11.5 Å². The van der Waals surface area contributed by atoms with Crippen LogP contribution < -0.4 is 14.2 Å². The van der Waals surface area contributed by atoms with Gasteiger partial charge >= 0.3 is 5.97 Å². The highest BCUT2D eigenvalue weighted by atomic mass is 19.1. The third-order valence-electron chi connectivity index (χ3n) is 6.84. The fraction of sp³-hybridized carbons (Fsp3) is 0.188. The molecule has 4 aromatic rings. The van der Waals surface area contributed by atoms with Crippen LogP contribution in [-0.4, -0.2) is 35.0 Å².